The zero-order valence-corrected chi connectivity index (χ0v) is 15.7. The number of hydrogen-bond acceptors (Lipinski definition) is 3. The van der Waals surface area contributed by atoms with E-state index in [1.54, 1.807) is 19.2 Å². The van der Waals surface area contributed by atoms with Crippen molar-refractivity contribution in [1.29, 1.82) is 0 Å². The van der Waals surface area contributed by atoms with Crippen molar-refractivity contribution in [2.45, 2.75) is 25.8 Å². The van der Waals surface area contributed by atoms with Gasteiger partial charge in [-0.2, -0.15) is 0 Å². The van der Waals surface area contributed by atoms with Gasteiger partial charge in [0.05, 0.1) is 13.2 Å². The van der Waals surface area contributed by atoms with E-state index in [1.165, 1.54) is 0 Å². The molecule has 0 bridgehead atoms. The topological polar surface area (TPSA) is 47.6 Å². The van der Waals surface area contributed by atoms with E-state index in [1.807, 2.05) is 37.3 Å². The van der Waals surface area contributed by atoms with E-state index in [2.05, 4.69) is 5.32 Å². The van der Waals surface area contributed by atoms with Crippen LogP contribution in [0.4, 0.5) is 0 Å². The number of benzene rings is 2. The number of aryl methyl sites for hydroxylation is 1. The van der Waals surface area contributed by atoms with Gasteiger partial charge in [0, 0.05) is 16.5 Å². The Hall–Kier alpha value is -1.91. The minimum atomic E-state index is -0.102. The molecule has 0 aliphatic heterocycles. The van der Waals surface area contributed by atoms with Crippen LogP contribution in [0.25, 0.3) is 0 Å². The predicted octanol–water partition coefficient (Wildman–Crippen LogP) is 4.52. The Bertz CT molecular complexity index is 704. The van der Waals surface area contributed by atoms with Gasteiger partial charge in [0.15, 0.2) is 0 Å². The third-order valence-electron chi connectivity index (χ3n) is 3.60. The Morgan fingerprint density at radius 3 is 2.44 bits per heavy atom. The Balaban J connectivity index is 1.73. The van der Waals surface area contributed by atoms with Gasteiger partial charge in [-0.05, 0) is 55.3 Å². The van der Waals surface area contributed by atoms with Gasteiger partial charge < -0.3 is 14.8 Å². The summed E-state index contributed by atoms with van der Waals surface area (Å²) in [6.45, 7) is 2.29. The summed E-state index contributed by atoms with van der Waals surface area (Å²) in [5.74, 6) is 1.46. The van der Waals surface area contributed by atoms with Crippen molar-refractivity contribution in [2.24, 2.45) is 0 Å². The second-order valence-corrected chi connectivity index (χ2v) is 6.53. The molecule has 4 nitrogen and oxygen atoms in total. The normalized spacial score (nSPS) is 11.7. The van der Waals surface area contributed by atoms with Crippen LogP contribution in [-0.2, 0) is 11.2 Å². The van der Waals surface area contributed by atoms with Gasteiger partial charge in [0.2, 0.25) is 5.91 Å². The molecule has 1 amide bonds. The Labute approximate surface area is 158 Å². The fourth-order valence-electron chi connectivity index (χ4n) is 2.25. The maximum Gasteiger partial charge on any atom is 0.220 e. The maximum atomic E-state index is 12.0. The highest BCUT2D eigenvalue weighted by molar-refractivity contribution is 6.35. The molecule has 0 saturated carbocycles. The van der Waals surface area contributed by atoms with Crippen LogP contribution in [0.3, 0.4) is 0 Å². The summed E-state index contributed by atoms with van der Waals surface area (Å²) in [7, 11) is 1.62. The average molecular weight is 382 g/mol. The molecule has 0 saturated heterocycles. The van der Waals surface area contributed by atoms with Crippen molar-refractivity contribution in [3.05, 3.63) is 58.1 Å². The smallest absolute Gasteiger partial charge is 0.220 e. The zero-order valence-electron chi connectivity index (χ0n) is 14.2. The van der Waals surface area contributed by atoms with Crippen molar-refractivity contribution in [3.8, 4) is 11.5 Å². The Morgan fingerprint density at radius 1 is 1.12 bits per heavy atom. The van der Waals surface area contributed by atoms with Crippen LogP contribution in [-0.4, -0.2) is 25.7 Å². The number of rotatable bonds is 8. The molecule has 1 atom stereocenters. The number of methoxy groups -OCH3 is 1. The van der Waals surface area contributed by atoms with Crippen molar-refractivity contribution in [2.75, 3.05) is 13.7 Å². The summed E-state index contributed by atoms with van der Waals surface area (Å²) in [5, 5.41) is 4.08. The summed E-state index contributed by atoms with van der Waals surface area (Å²) in [4.78, 5) is 12.0. The van der Waals surface area contributed by atoms with Crippen molar-refractivity contribution in [3.63, 3.8) is 0 Å². The number of nitrogens with one attached hydrogen (secondary N) is 1. The van der Waals surface area contributed by atoms with Crippen molar-refractivity contribution in [1.82, 2.24) is 5.32 Å². The monoisotopic (exact) mass is 381 g/mol. The van der Waals surface area contributed by atoms with E-state index < -0.39 is 0 Å². The van der Waals surface area contributed by atoms with Crippen LogP contribution in [0.5, 0.6) is 11.5 Å². The minimum Gasteiger partial charge on any atom is -0.497 e. The summed E-state index contributed by atoms with van der Waals surface area (Å²) >= 11 is 12.0. The number of carbonyl (C=O) groups is 1. The van der Waals surface area contributed by atoms with Gasteiger partial charge in [0.25, 0.3) is 0 Å². The fourth-order valence-corrected chi connectivity index (χ4v) is 2.76. The first-order valence-corrected chi connectivity index (χ1v) is 8.73. The van der Waals surface area contributed by atoms with Crippen molar-refractivity contribution >= 4 is 29.1 Å². The molecule has 2 aromatic rings. The SMILES string of the molecule is COc1ccc(OC[C@H](C)NC(=O)CCc2ccc(Cl)cc2Cl)cc1. The lowest BCUT2D eigenvalue weighted by atomic mass is 10.1. The maximum absolute atomic E-state index is 12.0. The van der Waals surface area contributed by atoms with Crippen LogP contribution in [0.1, 0.15) is 18.9 Å². The summed E-state index contributed by atoms with van der Waals surface area (Å²) < 4.78 is 10.8. The quantitative estimate of drug-likeness (QED) is 0.730. The molecule has 0 heterocycles. The highest BCUT2D eigenvalue weighted by Gasteiger charge is 2.10. The highest BCUT2D eigenvalue weighted by atomic mass is 35.5. The molecule has 0 spiro atoms. The second kappa shape index (κ2) is 9.54. The lowest BCUT2D eigenvalue weighted by molar-refractivity contribution is -0.121. The summed E-state index contributed by atoms with van der Waals surface area (Å²) in [6.07, 6.45) is 0.919. The van der Waals surface area contributed by atoms with Crippen LogP contribution in [0.2, 0.25) is 10.0 Å². The first kappa shape index (κ1) is 19.4. The molecule has 0 aromatic heterocycles. The molecule has 6 heteroatoms. The third-order valence-corrected chi connectivity index (χ3v) is 4.19. The Morgan fingerprint density at radius 2 is 1.80 bits per heavy atom. The van der Waals surface area contributed by atoms with Gasteiger partial charge in [0.1, 0.15) is 18.1 Å². The number of hydrogen-bond donors (Lipinski definition) is 1. The zero-order chi connectivity index (χ0) is 18.2. The third kappa shape index (κ3) is 6.48. The van der Waals surface area contributed by atoms with Gasteiger partial charge >= 0.3 is 0 Å². The van der Waals surface area contributed by atoms with Crippen LogP contribution in [0.15, 0.2) is 42.5 Å². The number of carbonyl (C=O) groups excluding carboxylic acids is 1. The molecule has 0 aliphatic carbocycles. The van der Waals surface area contributed by atoms with Crippen LogP contribution < -0.4 is 14.8 Å². The van der Waals surface area contributed by atoms with Gasteiger partial charge in [-0.15, -0.1) is 0 Å². The van der Waals surface area contributed by atoms with Gasteiger partial charge in [-0.3, -0.25) is 4.79 Å². The molecule has 25 heavy (non-hydrogen) atoms. The largest absolute Gasteiger partial charge is 0.497 e. The molecular formula is C19H21Cl2NO3. The summed E-state index contributed by atoms with van der Waals surface area (Å²) in [5.41, 5.74) is 0.906. The second-order valence-electron chi connectivity index (χ2n) is 5.69. The number of halogens is 2. The number of ether oxygens (including phenoxy) is 2. The molecule has 0 radical (unpaired) electrons. The molecule has 2 rings (SSSR count). The molecule has 0 fully saturated rings. The minimum absolute atomic E-state index is 0.0446. The Kier molecular flexibility index (Phi) is 7.41. The van der Waals surface area contributed by atoms with Gasteiger partial charge in [-0.1, -0.05) is 29.3 Å². The predicted molar refractivity (Wildman–Crippen MR) is 101 cm³/mol. The lowest BCUT2D eigenvalue weighted by Gasteiger charge is -2.15. The first-order valence-electron chi connectivity index (χ1n) is 7.98. The standard InChI is InChI=1S/C19H21Cl2NO3/c1-13(12-25-17-8-6-16(24-2)7-9-17)22-19(23)10-4-14-3-5-15(20)11-18(14)21/h3,5-9,11,13H,4,10,12H2,1-2H3,(H,22,23)/t13-/m0/s1. The van der Waals surface area contributed by atoms with E-state index in [9.17, 15) is 4.79 Å². The van der Waals surface area contributed by atoms with Gasteiger partial charge in [-0.25, -0.2) is 0 Å². The first-order chi connectivity index (χ1) is 12.0. The molecule has 2 aromatic carbocycles. The molecule has 1 N–H and O–H groups in total. The van der Waals surface area contributed by atoms with Crippen LogP contribution in [0, 0.1) is 0 Å². The molecule has 0 unspecified atom stereocenters. The summed E-state index contributed by atoms with van der Waals surface area (Å²) in [6, 6.07) is 12.5. The van der Waals surface area contributed by atoms with E-state index in [0.29, 0.717) is 29.5 Å². The highest BCUT2D eigenvalue weighted by Crippen LogP contribution is 2.22. The molecule has 0 aliphatic rings. The van der Waals surface area contributed by atoms with E-state index in [-0.39, 0.29) is 11.9 Å². The van der Waals surface area contributed by atoms with E-state index in [0.717, 1.165) is 17.1 Å². The van der Waals surface area contributed by atoms with Crippen LogP contribution >= 0.6 is 23.2 Å². The molecular weight excluding hydrogens is 361 g/mol. The molecule has 134 valence electrons. The average Bonchev–Trinajstić information content (AvgIpc) is 2.59. The number of amides is 1. The van der Waals surface area contributed by atoms with E-state index in [4.69, 9.17) is 32.7 Å². The van der Waals surface area contributed by atoms with E-state index >= 15 is 0 Å². The fraction of sp³-hybridized carbons (Fsp3) is 0.316. The van der Waals surface area contributed by atoms with Crippen molar-refractivity contribution < 1.29 is 14.3 Å². The lowest BCUT2D eigenvalue weighted by Crippen LogP contribution is -2.36.